The zero-order valence-electron chi connectivity index (χ0n) is 17.7. The minimum absolute atomic E-state index is 0.108. The molecule has 4 rings (SSSR count). The number of carbonyl (C=O) groups is 2. The maximum absolute atomic E-state index is 13.0. The van der Waals surface area contributed by atoms with E-state index in [1.165, 1.54) is 4.31 Å². The van der Waals surface area contributed by atoms with Crippen molar-refractivity contribution >= 4 is 21.8 Å². The Bertz CT molecular complexity index is 1080. The van der Waals surface area contributed by atoms with Crippen molar-refractivity contribution in [2.24, 2.45) is 0 Å². The van der Waals surface area contributed by atoms with E-state index >= 15 is 0 Å². The zero-order valence-corrected chi connectivity index (χ0v) is 18.5. The van der Waals surface area contributed by atoms with Crippen LogP contribution in [0.15, 0.2) is 33.7 Å². The zero-order chi connectivity index (χ0) is 22.2. The van der Waals surface area contributed by atoms with Gasteiger partial charge in [-0.25, -0.2) is 8.42 Å². The lowest BCUT2D eigenvalue weighted by atomic mass is 10.1. The fraction of sp³-hybridized carbons (Fsp3) is 0.476. The molecule has 166 valence electrons. The molecule has 10 heteroatoms. The molecule has 0 radical (unpaired) electrons. The molecule has 1 aromatic carbocycles. The summed E-state index contributed by atoms with van der Waals surface area (Å²) in [5, 5.41) is 3.74. The number of carbonyl (C=O) groups excluding carboxylic acids is 2. The van der Waals surface area contributed by atoms with Crippen molar-refractivity contribution in [3.63, 3.8) is 0 Å². The molecule has 2 aliphatic heterocycles. The van der Waals surface area contributed by atoms with E-state index in [1.54, 1.807) is 24.8 Å². The van der Waals surface area contributed by atoms with Crippen molar-refractivity contribution in [1.82, 2.24) is 19.3 Å². The number of hydrogen-bond acceptors (Lipinski definition) is 6. The second kappa shape index (κ2) is 8.43. The Balaban J connectivity index is 1.42. The van der Waals surface area contributed by atoms with Crippen LogP contribution < -0.4 is 0 Å². The third-order valence-electron chi connectivity index (χ3n) is 5.81. The molecule has 0 saturated carbocycles. The minimum atomic E-state index is -3.72. The second-order valence-electron chi connectivity index (χ2n) is 7.97. The van der Waals surface area contributed by atoms with Crippen LogP contribution in [0, 0.1) is 13.8 Å². The number of aromatic nitrogens is 1. The minimum Gasteiger partial charge on any atom is -0.360 e. The van der Waals surface area contributed by atoms with Gasteiger partial charge in [-0.2, -0.15) is 4.31 Å². The highest BCUT2D eigenvalue weighted by Gasteiger charge is 2.34. The first-order chi connectivity index (χ1) is 14.8. The molecule has 2 aliphatic rings. The molecule has 2 saturated heterocycles. The third-order valence-corrected chi connectivity index (χ3v) is 7.95. The number of aryl methyl sites for hydroxylation is 2. The summed E-state index contributed by atoms with van der Waals surface area (Å²) in [6.45, 7) is 5.45. The SMILES string of the molecule is Cc1noc(C)c1S(=O)(=O)N1CCN(C(=O)c2cccc(CN3CCCC3=O)c2)CC1. The summed E-state index contributed by atoms with van der Waals surface area (Å²) < 4.78 is 32.3. The number of sulfonamides is 1. The molecule has 0 atom stereocenters. The first kappa shape index (κ1) is 21.5. The summed E-state index contributed by atoms with van der Waals surface area (Å²) in [6, 6.07) is 7.31. The predicted molar refractivity (Wildman–Crippen MR) is 112 cm³/mol. The molecule has 0 aliphatic carbocycles. The number of benzene rings is 1. The van der Waals surface area contributed by atoms with Gasteiger partial charge >= 0.3 is 0 Å². The summed E-state index contributed by atoms with van der Waals surface area (Å²) in [5.41, 5.74) is 1.80. The first-order valence-electron chi connectivity index (χ1n) is 10.4. The number of nitrogens with zero attached hydrogens (tertiary/aromatic N) is 4. The maximum Gasteiger partial charge on any atom is 0.253 e. The van der Waals surface area contributed by atoms with Crippen molar-refractivity contribution < 1.29 is 22.5 Å². The van der Waals surface area contributed by atoms with Crippen LogP contribution in [-0.2, 0) is 21.4 Å². The van der Waals surface area contributed by atoms with Gasteiger partial charge in [-0.3, -0.25) is 9.59 Å². The molecule has 0 unspecified atom stereocenters. The molecule has 2 aromatic rings. The molecule has 2 amide bonds. The monoisotopic (exact) mass is 446 g/mol. The van der Waals surface area contributed by atoms with Gasteiger partial charge in [0.15, 0.2) is 5.76 Å². The van der Waals surface area contributed by atoms with Crippen LogP contribution in [0.1, 0.15) is 40.2 Å². The fourth-order valence-corrected chi connectivity index (χ4v) is 5.89. The highest BCUT2D eigenvalue weighted by Crippen LogP contribution is 2.24. The standard InChI is InChI=1S/C21H26N4O5S/c1-15-20(16(2)30-22-15)31(28,29)25-11-9-23(10-12-25)21(27)18-6-3-5-17(13-18)14-24-8-4-7-19(24)26/h3,5-6,13H,4,7-12,14H2,1-2H3. The molecule has 0 N–H and O–H groups in total. The smallest absolute Gasteiger partial charge is 0.253 e. The predicted octanol–water partition coefficient (Wildman–Crippen LogP) is 1.56. The lowest BCUT2D eigenvalue weighted by Gasteiger charge is -2.34. The average Bonchev–Trinajstić information content (AvgIpc) is 3.32. The number of likely N-dealkylation sites (tertiary alicyclic amines) is 1. The van der Waals surface area contributed by atoms with Crippen LogP contribution in [0.2, 0.25) is 0 Å². The van der Waals surface area contributed by atoms with Gasteiger partial charge in [0.2, 0.25) is 15.9 Å². The molecule has 3 heterocycles. The van der Waals surface area contributed by atoms with Gasteiger partial charge in [-0.05, 0) is 38.0 Å². The topological polar surface area (TPSA) is 104 Å². The van der Waals surface area contributed by atoms with Crippen molar-refractivity contribution in [2.75, 3.05) is 32.7 Å². The van der Waals surface area contributed by atoms with E-state index in [2.05, 4.69) is 5.16 Å². The quantitative estimate of drug-likeness (QED) is 0.690. The Morgan fingerprint density at radius 3 is 2.48 bits per heavy atom. The summed E-state index contributed by atoms with van der Waals surface area (Å²) in [5.74, 6) is 0.278. The van der Waals surface area contributed by atoms with Crippen molar-refractivity contribution in [2.45, 2.75) is 38.1 Å². The number of rotatable bonds is 5. The van der Waals surface area contributed by atoms with Crippen molar-refractivity contribution in [3.05, 3.63) is 46.8 Å². The van der Waals surface area contributed by atoms with Crippen molar-refractivity contribution in [3.8, 4) is 0 Å². The summed E-state index contributed by atoms with van der Waals surface area (Å²) in [6.07, 6.45) is 1.46. The summed E-state index contributed by atoms with van der Waals surface area (Å²) in [7, 11) is -3.72. The Hall–Kier alpha value is -2.72. The van der Waals surface area contributed by atoms with Gasteiger partial charge in [0.05, 0.1) is 0 Å². The Labute approximate surface area is 181 Å². The fourth-order valence-electron chi connectivity index (χ4n) is 4.18. The lowest BCUT2D eigenvalue weighted by Crippen LogP contribution is -2.50. The molecule has 31 heavy (non-hydrogen) atoms. The van der Waals surface area contributed by atoms with E-state index < -0.39 is 10.0 Å². The van der Waals surface area contributed by atoms with Gasteiger partial charge in [-0.15, -0.1) is 0 Å². The van der Waals surface area contributed by atoms with Crippen LogP contribution in [-0.4, -0.2) is 72.2 Å². The molecular formula is C21H26N4O5S. The van der Waals surface area contributed by atoms with E-state index in [1.807, 2.05) is 23.1 Å². The van der Waals surface area contributed by atoms with E-state index in [4.69, 9.17) is 4.52 Å². The highest BCUT2D eigenvalue weighted by molar-refractivity contribution is 7.89. The summed E-state index contributed by atoms with van der Waals surface area (Å²) in [4.78, 5) is 28.5. The third kappa shape index (κ3) is 4.22. The molecule has 2 fully saturated rings. The van der Waals surface area contributed by atoms with E-state index in [9.17, 15) is 18.0 Å². The normalized spacial score (nSPS) is 18.1. The van der Waals surface area contributed by atoms with Crippen LogP contribution >= 0.6 is 0 Å². The largest absolute Gasteiger partial charge is 0.360 e. The Kier molecular flexibility index (Phi) is 5.85. The Morgan fingerprint density at radius 2 is 1.87 bits per heavy atom. The van der Waals surface area contributed by atoms with Crippen LogP contribution in [0.3, 0.4) is 0 Å². The molecule has 1 aromatic heterocycles. The van der Waals surface area contributed by atoms with Gasteiger partial charge in [0.1, 0.15) is 10.6 Å². The van der Waals surface area contributed by atoms with Gasteiger partial charge in [0, 0.05) is 51.3 Å². The van der Waals surface area contributed by atoms with Gasteiger partial charge < -0.3 is 14.3 Å². The molecule has 0 spiro atoms. The van der Waals surface area contributed by atoms with Crippen LogP contribution in [0.25, 0.3) is 0 Å². The van der Waals surface area contributed by atoms with Crippen LogP contribution in [0.5, 0.6) is 0 Å². The van der Waals surface area contributed by atoms with Crippen LogP contribution in [0.4, 0.5) is 0 Å². The van der Waals surface area contributed by atoms with Gasteiger partial charge in [0.25, 0.3) is 5.91 Å². The number of piperazine rings is 1. The average molecular weight is 447 g/mol. The first-order valence-corrected chi connectivity index (χ1v) is 11.8. The lowest BCUT2D eigenvalue weighted by molar-refractivity contribution is -0.128. The van der Waals surface area contributed by atoms with E-state index in [0.29, 0.717) is 37.3 Å². The second-order valence-corrected chi connectivity index (χ2v) is 9.84. The van der Waals surface area contributed by atoms with Gasteiger partial charge in [-0.1, -0.05) is 17.3 Å². The molecule has 0 bridgehead atoms. The molecular weight excluding hydrogens is 420 g/mol. The summed E-state index contributed by atoms with van der Waals surface area (Å²) >= 11 is 0. The number of amides is 2. The van der Waals surface area contributed by atoms with E-state index in [0.717, 1.165) is 18.5 Å². The maximum atomic E-state index is 13.0. The highest BCUT2D eigenvalue weighted by atomic mass is 32.2. The number of hydrogen-bond donors (Lipinski definition) is 0. The van der Waals surface area contributed by atoms with E-state index in [-0.39, 0.29) is 35.6 Å². The van der Waals surface area contributed by atoms with Crippen molar-refractivity contribution in [1.29, 1.82) is 0 Å². The molecule has 9 nitrogen and oxygen atoms in total. The Morgan fingerprint density at radius 1 is 1.13 bits per heavy atom.